The quantitative estimate of drug-likeness (QED) is 0.431. The first kappa shape index (κ1) is 19.4. The van der Waals surface area contributed by atoms with Crippen LogP contribution in [0.25, 0.3) is 0 Å². The molecule has 0 radical (unpaired) electrons. The Hall–Kier alpha value is -3.56. The highest BCUT2D eigenvalue weighted by molar-refractivity contribution is 5.99. The van der Waals surface area contributed by atoms with Crippen LogP contribution in [-0.4, -0.2) is 10.8 Å². The highest BCUT2D eigenvalue weighted by atomic mass is 16.1. The fourth-order valence-corrected chi connectivity index (χ4v) is 4.79. The molecule has 1 N–H and O–H groups in total. The second-order valence-corrected chi connectivity index (χ2v) is 7.98. The third-order valence-corrected chi connectivity index (χ3v) is 6.17. The lowest BCUT2D eigenvalue weighted by Gasteiger charge is -2.25. The molecule has 3 aromatic carbocycles. The first-order valence-electron chi connectivity index (χ1n) is 10.7. The van der Waals surface area contributed by atoms with Crippen LogP contribution in [0.15, 0.2) is 115 Å². The summed E-state index contributed by atoms with van der Waals surface area (Å²) in [6, 6.07) is 36.2. The van der Waals surface area contributed by atoms with E-state index in [-0.39, 0.29) is 29.7 Å². The normalized spacial score (nSPS) is 22.8. The smallest absolute Gasteiger partial charge is 0.168 e. The minimum absolute atomic E-state index is 0.00766. The van der Waals surface area contributed by atoms with E-state index in [1.807, 2.05) is 60.7 Å². The lowest BCUT2D eigenvalue weighted by Crippen LogP contribution is -2.26. The predicted molar refractivity (Wildman–Crippen MR) is 123 cm³/mol. The first-order valence-corrected chi connectivity index (χ1v) is 10.7. The van der Waals surface area contributed by atoms with Crippen LogP contribution in [0.5, 0.6) is 0 Å². The molecule has 1 saturated heterocycles. The van der Waals surface area contributed by atoms with Gasteiger partial charge in [-0.25, -0.2) is 0 Å². The maximum atomic E-state index is 13.9. The second kappa shape index (κ2) is 8.66. The first-order chi connectivity index (χ1) is 15.3. The highest BCUT2D eigenvalue weighted by Gasteiger charge is 2.48. The molecule has 1 aromatic heterocycles. The molecule has 0 saturated carbocycles. The van der Waals surface area contributed by atoms with E-state index in [2.05, 4.69) is 58.8 Å². The number of Topliss-reactive ketones (excluding diaryl/α,β-unsaturated/α-hetero) is 1. The predicted octanol–water partition coefficient (Wildman–Crippen LogP) is 5.75. The molecule has 3 nitrogen and oxygen atoms in total. The van der Waals surface area contributed by atoms with Gasteiger partial charge in [-0.2, -0.15) is 0 Å². The number of carbonyl (C=O) groups excluding carboxylic acids is 1. The fourth-order valence-electron chi connectivity index (χ4n) is 4.79. The molecule has 3 heteroatoms. The molecule has 1 fully saturated rings. The van der Waals surface area contributed by atoms with Crippen LogP contribution in [0.1, 0.15) is 45.2 Å². The minimum atomic E-state index is -0.273. The Labute approximate surface area is 182 Å². The Balaban J connectivity index is 1.67. The molecule has 0 unspecified atom stereocenters. The number of rotatable bonds is 5. The third-order valence-electron chi connectivity index (χ3n) is 6.17. The monoisotopic (exact) mass is 404 g/mol. The summed E-state index contributed by atoms with van der Waals surface area (Å²) in [6.07, 6.45) is 1.80. The molecule has 4 aromatic rings. The number of hydrogen-bond donors (Lipinski definition) is 1. The van der Waals surface area contributed by atoms with Gasteiger partial charge >= 0.3 is 0 Å². The molecule has 1 aliphatic heterocycles. The van der Waals surface area contributed by atoms with Crippen LogP contribution >= 0.6 is 0 Å². The van der Waals surface area contributed by atoms with Crippen LogP contribution < -0.4 is 5.32 Å². The summed E-state index contributed by atoms with van der Waals surface area (Å²) < 4.78 is 0. The lowest BCUT2D eigenvalue weighted by atomic mass is 9.75. The zero-order valence-electron chi connectivity index (χ0n) is 17.1. The molecule has 152 valence electrons. The number of pyridine rings is 1. The average Bonchev–Trinajstić information content (AvgIpc) is 3.26. The highest BCUT2D eigenvalue weighted by Crippen LogP contribution is 2.50. The Morgan fingerprint density at radius 2 is 1.23 bits per heavy atom. The SMILES string of the molecule is O=C(c1ccccc1)[C@H]1[C@H](c2ccccc2)[C@@H](c2ccccc2)N[C@H]1c1ccccn1. The van der Waals surface area contributed by atoms with Crippen LogP contribution in [0, 0.1) is 5.92 Å². The maximum Gasteiger partial charge on any atom is 0.168 e. The second-order valence-electron chi connectivity index (χ2n) is 7.98. The van der Waals surface area contributed by atoms with Gasteiger partial charge in [-0.05, 0) is 23.3 Å². The van der Waals surface area contributed by atoms with Crippen molar-refractivity contribution in [2.45, 2.75) is 18.0 Å². The van der Waals surface area contributed by atoms with Crippen molar-refractivity contribution < 1.29 is 4.79 Å². The third kappa shape index (κ3) is 3.80. The van der Waals surface area contributed by atoms with Crippen molar-refractivity contribution in [1.82, 2.24) is 10.3 Å². The van der Waals surface area contributed by atoms with Gasteiger partial charge in [-0.1, -0.05) is 97.1 Å². The van der Waals surface area contributed by atoms with E-state index in [1.165, 1.54) is 5.56 Å². The van der Waals surface area contributed by atoms with Gasteiger partial charge < -0.3 is 5.32 Å². The van der Waals surface area contributed by atoms with Gasteiger partial charge in [-0.3, -0.25) is 9.78 Å². The molecule has 1 aliphatic rings. The molecule has 2 heterocycles. The number of aromatic nitrogens is 1. The van der Waals surface area contributed by atoms with E-state index in [9.17, 15) is 4.79 Å². The summed E-state index contributed by atoms with van der Waals surface area (Å²) in [5, 5.41) is 3.79. The molecule has 0 aliphatic carbocycles. The van der Waals surface area contributed by atoms with Crippen molar-refractivity contribution in [3.63, 3.8) is 0 Å². The fraction of sp³-hybridized carbons (Fsp3) is 0.143. The number of ketones is 1. The molecule has 4 atom stereocenters. The summed E-state index contributed by atoms with van der Waals surface area (Å²) >= 11 is 0. The molecule has 31 heavy (non-hydrogen) atoms. The summed E-state index contributed by atoms with van der Waals surface area (Å²) in [5.41, 5.74) is 3.98. The van der Waals surface area contributed by atoms with Gasteiger partial charge in [0.1, 0.15) is 0 Å². The van der Waals surface area contributed by atoms with E-state index in [0.29, 0.717) is 0 Å². The van der Waals surface area contributed by atoms with Crippen LogP contribution in [0.4, 0.5) is 0 Å². The van der Waals surface area contributed by atoms with Crippen molar-refractivity contribution in [3.8, 4) is 0 Å². The van der Waals surface area contributed by atoms with E-state index >= 15 is 0 Å². The van der Waals surface area contributed by atoms with Crippen molar-refractivity contribution in [1.29, 1.82) is 0 Å². The number of carbonyl (C=O) groups is 1. The average molecular weight is 405 g/mol. The summed E-state index contributed by atoms with van der Waals surface area (Å²) in [6.45, 7) is 0. The van der Waals surface area contributed by atoms with Crippen LogP contribution in [-0.2, 0) is 0 Å². The van der Waals surface area contributed by atoms with Crippen molar-refractivity contribution in [3.05, 3.63) is 138 Å². The van der Waals surface area contributed by atoms with E-state index in [4.69, 9.17) is 0 Å². The number of hydrogen-bond acceptors (Lipinski definition) is 3. The summed E-state index contributed by atoms with van der Waals surface area (Å²) in [4.78, 5) is 18.6. The minimum Gasteiger partial charge on any atom is -0.300 e. The number of nitrogens with one attached hydrogen (secondary N) is 1. The van der Waals surface area contributed by atoms with E-state index in [1.54, 1.807) is 6.20 Å². The molecule has 5 rings (SSSR count). The molecule has 0 amide bonds. The van der Waals surface area contributed by atoms with Gasteiger partial charge in [0.2, 0.25) is 0 Å². The van der Waals surface area contributed by atoms with Gasteiger partial charge in [0, 0.05) is 23.7 Å². The summed E-state index contributed by atoms with van der Waals surface area (Å²) in [5.74, 6) is -0.135. The number of benzene rings is 3. The largest absolute Gasteiger partial charge is 0.300 e. The number of nitrogens with zero attached hydrogens (tertiary/aromatic N) is 1. The molecule has 0 bridgehead atoms. The molecule has 0 spiro atoms. The standard InChI is InChI=1S/C28H24N2O/c31-28(22-16-8-3-9-17-22)25-24(20-12-4-1-5-13-20)26(21-14-6-2-7-15-21)30-27(25)23-18-10-11-19-29-23/h1-19,24-27,30H/t24-,25-,26+,27-/m0/s1. The van der Waals surface area contributed by atoms with Gasteiger partial charge in [0.25, 0.3) is 0 Å². The van der Waals surface area contributed by atoms with Crippen LogP contribution in [0.2, 0.25) is 0 Å². The summed E-state index contributed by atoms with van der Waals surface area (Å²) in [7, 11) is 0. The van der Waals surface area contributed by atoms with Gasteiger partial charge in [0.05, 0.1) is 17.7 Å². The van der Waals surface area contributed by atoms with Gasteiger partial charge in [0.15, 0.2) is 5.78 Å². The maximum absolute atomic E-state index is 13.9. The van der Waals surface area contributed by atoms with Crippen molar-refractivity contribution in [2.24, 2.45) is 5.92 Å². The van der Waals surface area contributed by atoms with Gasteiger partial charge in [-0.15, -0.1) is 0 Å². The zero-order chi connectivity index (χ0) is 21.0. The topological polar surface area (TPSA) is 42.0 Å². The van der Waals surface area contributed by atoms with E-state index < -0.39 is 0 Å². The molecular weight excluding hydrogens is 380 g/mol. The Kier molecular flexibility index (Phi) is 5.42. The molecular formula is C28H24N2O. The Bertz CT molecular complexity index is 1130. The lowest BCUT2D eigenvalue weighted by molar-refractivity contribution is 0.0895. The Morgan fingerprint density at radius 3 is 1.84 bits per heavy atom. The van der Waals surface area contributed by atoms with Crippen LogP contribution in [0.3, 0.4) is 0 Å². The Morgan fingerprint density at radius 1 is 0.645 bits per heavy atom. The van der Waals surface area contributed by atoms with Crippen molar-refractivity contribution >= 4 is 5.78 Å². The van der Waals surface area contributed by atoms with Crippen molar-refractivity contribution in [2.75, 3.05) is 0 Å². The zero-order valence-corrected chi connectivity index (χ0v) is 17.1. The van der Waals surface area contributed by atoms with E-state index in [0.717, 1.165) is 16.8 Å².